The average molecular weight is 488 g/mol. The second-order valence-electron chi connectivity index (χ2n) is 7.86. The summed E-state index contributed by atoms with van der Waals surface area (Å²) < 4.78 is 75.7. The van der Waals surface area contributed by atoms with Crippen LogP contribution in [0.25, 0.3) is 0 Å². The van der Waals surface area contributed by atoms with Gasteiger partial charge in [0.05, 0.1) is 26.8 Å². The Morgan fingerprint density at radius 3 is 2.19 bits per heavy atom. The predicted molar refractivity (Wildman–Crippen MR) is 103 cm³/mol. The smallest absolute Gasteiger partial charge is 0.407 e. The highest BCUT2D eigenvalue weighted by molar-refractivity contribution is 8.45. The van der Waals surface area contributed by atoms with Crippen LogP contribution in [0.2, 0.25) is 0 Å². The molecule has 1 saturated heterocycles. The van der Waals surface area contributed by atoms with E-state index >= 15 is 0 Å². The lowest BCUT2D eigenvalue weighted by Gasteiger charge is -2.53. The molecule has 0 aromatic heterocycles. The van der Waals surface area contributed by atoms with Crippen LogP contribution in [0.3, 0.4) is 0 Å². The average Bonchev–Trinajstić information content (AvgIpc) is 3.48. The molecule has 8 nitrogen and oxygen atoms in total. The summed E-state index contributed by atoms with van der Waals surface area (Å²) in [4.78, 5) is 35.3. The fourth-order valence-electron chi connectivity index (χ4n) is 3.49. The number of rotatable bonds is 9. The molecule has 14 heteroatoms. The summed E-state index contributed by atoms with van der Waals surface area (Å²) in [6.45, 7) is -0.428. The lowest BCUT2D eigenvalue weighted by molar-refractivity contribution is -0.175. The van der Waals surface area contributed by atoms with Gasteiger partial charge in [-0.15, -0.1) is 0 Å². The van der Waals surface area contributed by atoms with E-state index in [2.05, 4.69) is 0 Å². The summed E-state index contributed by atoms with van der Waals surface area (Å²) in [5.41, 5.74) is -1.82. The monoisotopic (exact) mass is 488 g/mol. The molecule has 1 aliphatic carbocycles. The van der Waals surface area contributed by atoms with E-state index in [1.54, 1.807) is 0 Å². The Morgan fingerprint density at radius 2 is 1.78 bits per heavy atom. The van der Waals surface area contributed by atoms with Gasteiger partial charge in [-0.05, 0) is 43.0 Å². The summed E-state index contributed by atoms with van der Waals surface area (Å²) in [6, 6.07) is -0.0853. The second kappa shape index (κ2) is 7.20. The molecule has 0 radical (unpaired) electrons. The van der Waals surface area contributed by atoms with Crippen LogP contribution < -0.4 is 4.90 Å². The largest absolute Gasteiger partial charge is 0.467 e. The molecular weight excluding hydrogens is 467 g/mol. The molecule has 1 heterocycles. The zero-order chi connectivity index (χ0) is 24.0. The molecule has 3 rings (SSSR count). The number of likely N-dealkylation sites (tertiary alicyclic amines) is 1. The van der Waals surface area contributed by atoms with Gasteiger partial charge in [-0.1, -0.05) is 19.4 Å². The van der Waals surface area contributed by atoms with Crippen molar-refractivity contribution in [3.05, 3.63) is 24.3 Å². The zero-order valence-electron chi connectivity index (χ0n) is 16.8. The normalized spacial score (nSPS) is 20.9. The highest BCUT2D eigenvalue weighted by Gasteiger charge is 2.65. The van der Waals surface area contributed by atoms with Crippen LogP contribution in [0.1, 0.15) is 12.8 Å². The van der Waals surface area contributed by atoms with E-state index in [4.69, 9.17) is 9.47 Å². The van der Waals surface area contributed by atoms with E-state index < -0.39 is 38.8 Å². The van der Waals surface area contributed by atoms with Gasteiger partial charge in [0.25, 0.3) is 0 Å². The van der Waals surface area contributed by atoms with Gasteiger partial charge in [-0.2, -0.15) is 0 Å². The minimum absolute atomic E-state index is 0.115. The van der Waals surface area contributed by atoms with E-state index in [1.165, 1.54) is 0 Å². The van der Waals surface area contributed by atoms with Gasteiger partial charge in [-0.3, -0.25) is 9.69 Å². The third kappa shape index (κ3) is 4.90. The highest BCUT2D eigenvalue weighted by atomic mass is 32.5. The molecule has 2 aliphatic rings. The molecule has 2 amide bonds. The van der Waals surface area contributed by atoms with Gasteiger partial charge in [0.2, 0.25) is 6.41 Å². The predicted octanol–water partition coefficient (Wildman–Crippen LogP) is 4.01. The minimum Gasteiger partial charge on any atom is -0.467 e. The van der Waals surface area contributed by atoms with Crippen LogP contribution in [0.4, 0.5) is 29.9 Å². The first-order valence-electron chi connectivity index (χ1n) is 9.38. The molecule has 1 unspecified atom stereocenters. The lowest BCUT2D eigenvalue weighted by atomic mass is 9.84. The number of nitrogens with zero attached hydrogens (tertiary/aromatic N) is 2. The van der Waals surface area contributed by atoms with Gasteiger partial charge < -0.3 is 19.5 Å². The van der Waals surface area contributed by atoms with Crippen molar-refractivity contribution in [1.82, 2.24) is 4.90 Å². The molecule has 32 heavy (non-hydrogen) atoms. The van der Waals surface area contributed by atoms with Crippen molar-refractivity contribution in [3.8, 4) is 0 Å². The number of amides is 2. The van der Waals surface area contributed by atoms with Gasteiger partial charge in [-0.25, -0.2) is 9.59 Å². The molecule has 1 N–H and O–H groups in total. The molecule has 0 bridgehead atoms. The highest BCUT2D eigenvalue weighted by Crippen LogP contribution is 3.02. The topological polar surface area (TPSA) is 96.4 Å². The first-order valence-corrected chi connectivity index (χ1v) is 11.3. The summed E-state index contributed by atoms with van der Waals surface area (Å²) in [6.07, 6.45) is 0.572. The molecule has 2 fully saturated rings. The van der Waals surface area contributed by atoms with Gasteiger partial charge in [0.15, 0.2) is 6.04 Å². The van der Waals surface area contributed by atoms with Crippen molar-refractivity contribution in [3.63, 3.8) is 0 Å². The molecule has 1 aromatic rings. The molecule has 180 valence electrons. The van der Waals surface area contributed by atoms with Crippen LogP contribution in [-0.2, 0) is 19.1 Å². The third-order valence-electron chi connectivity index (χ3n) is 5.39. The molecule has 0 spiro atoms. The Kier molecular flexibility index (Phi) is 5.41. The number of anilines is 1. The van der Waals surface area contributed by atoms with E-state index in [-0.39, 0.29) is 49.8 Å². The number of carbonyl (C=O) groups is 3. The van der Waals surface area contributed by atoms with Crippen LogP contribution in [0, 0.1) is 5.92 Å². The lowest BCUT2D eigenvalue weighted by Crippen LogP contribution is -2.75. The number of hydrogen-bond acceptors (Lipinski definition) is 5. The first kappa shape index (κ1) is 24.0. The minimum atomic E-state index is -9.94. The summed E-state index contributed by atoms with van der Waals surface area (Å²) >= 11 is 0. The van der Waals surface area contributed by atoms with Crippen molar-refractivity contribution in [2.45, 2.75) is 29.4 Å². The Bertz CT molecular complexity index is 917. The number of esters is 1. The van der Waals surface area contributed by atoms with E-state index in [0.29, 0.717) is 17.0 Å². The molecule has 1 atom stereocenters. The number of carbonyl (C=O) groups excluding carboxylic acids is 2. The summed E-state index contributed by atoms with van der Waals surface area (Å²) in [5.74, 6) is -0.805. The Hall–Kier alpha value is -2.61. The quantitative estimate of drug-likeness (QED) is 0.321. The summed E-state index contributed by atoms with van der Waals surface area (Å²) in [5, 5.41) is 9.20. The molecule has 1 saturated carbocycles. The zero-order valence-corrected chi connectivity index (χ0v) is 17.6. The van der Waals surface area contributed by atoms with Gasteiger partial charge >= 0.3 is 22.3 Å². The van der Waals surface area contributed by atoms with Crippen molar-refractivity contribution in [2.24, 2.45) is 5.92 Å². The number of methoxy groups -OCH3 is 1. The van der Waals surface area contributed by atoms with Gasteiger partial charge in [0, 0.05) is 5.69 Å². The maximum Gasteiger partial charge on any atom is 0.407 e. The standard InChI is InChI=1S/C18H21F5N2O6S/c1-30-16(27)15(18(31-8-12-2-3-12)9-24(10-18)17(28)29)25(11-26)13-4-6-14(7-5-13)32(19,20,21,22)23/h4-7,11-12,15H,2-3,8-10H2,1H3,(H,28,29). The van der Waals surface area contributed by atoms with Crippen molar-refractivity contribution in [1.29, 1.82) is 0 Å². The number of ether oxygens (including phenoxy) is 2. The maximum absolute atomic E-state index is 13.0. The number of carboxylic acid groups (broad SMARTS) is 1. The second-order valence-corrected chi connectivity index (χ2v) is 10.3. The first-order chi connectivity index (χ1) is 14.6. The van der Waals surface area contributed by atoms with Gasteiger partial charge in [0.1, 0.15) is 10.5 Å². The van der Waals surface area contributed by atoms with E-state index in [9.17, 15) is 38.9 Å². The molecule has 1 aromatic carbocycles. The number of benzene rings is 1. The van der Waals surface area contributed by atoms with Crippen molar-refractivity contribution >= 4 is 34.4 Å². The fourth-order valence-corrected chi connectivity index (χ4v) is 4.14. The third-order valence-corrected chi connectivity index (χ3v) is 6.55. The van der Waals surface area contributed by atoms with Crippen LogP contribution >= 0.6 is 10.2 Å². The van der Waals surface area contributed by atoms with E-state index in [0.717, 1.165) is 24.9 Å². The molecular formula is C18H21F5N2O6S. The SMILES string of the molecule is COC(=O)C(N(C=O)c1ccc(S(F)(F)(F)(F)F)cc1)C1(OCC2CC2)CN(C(=O)O)C1. The maximum atomic E-state index is 13.0. The van der Waals surface area contributed by atoms with Crippen molar-refractivity contribution < 1.29 is 48.4 Å². The Morgan fingerprint density at radius 1 is 1.22 bits per heavy atom. The van der Waals surface area contributed by atoms with E-state index in [1.807, 2.05) is 0 Å². The fraction of sp³-hybridized carbons (Fsp3) is 0.500. The Balaban J connectivity index is 1.97. The van der Waals surface area contributed by atoms with Crippen LogP contribution in [0.5, 0.6) is 0 Å². The summed E-state index contributed by atoms with van der Waals surface area (Å²) in [7, 11) is -8.93. The van der Waals surface area contributed by atoms with Crippen LogP contribution in [0.15, 0.2) is 29.2 Å². The number of halogens is 5. The Labute approximate surface area is 179 Å². The van der Waals surface area contributed by atoms with Crippen LogP contribution in [-0.4, -0.2) is 66.9 Å². The van der Waals surface area contributed by atoms with Crippen molar-refractivity contribution in [2.75, 3.05) is 31.7 Å². The molecule has 1 aliphatic heterocycles. The number of hydrogen-bond donors (Lipinski definition) is 1.